The fourth-order valence-electron chi connectivity index (χ4n) is 2.56. The Labute approximate surface area is 125 Å². The normalized spacial score (nSPS) is 17.9. The molecule has 0 bridgehead atoms. The van der Waals surface area contributed by atoms with Crippen LogP contribution in [0.25, 0.3) is 0 Å². The molecule has 0 saturated carbocycles. The van der Waals surface area contributed by atoms with E-state index >= 15 is 0 Å². The number of aromatic nitrogens is 1. The standard InChI is InChI=1S/C14H13ClN2O2S/c1-8-9-5-7-20-11(9)4-6-17(8)12-3-2-10(15)13(16-12)14(18)19/h2-3,5,7-8H,4,6H2,1H3,(H,18,19). The molecule has 0 fully saturated rings. The van der Waals surface area contributed by atoms with Gasteiger partial charge in [0.05, 0.1) is 11.1 Å². The van der Waals surface area contributed by atoms with E-state index in [-0.39, 0.29) is 16.8 Å². The number of rotatable bonds is 2. The number of hydrogen-bond acceptors (Lipinski definition) is 4. The van der Waals surface area contributed by atoms with Crippen molar-refractivity contribution in [3.63, 3.8) is 0 Å². The molecule has 1 atom stereocenters. The van der Waals surface area contributed by atoms with Crippen LogP contribution in [0.3, 0.4) is 0 Å². The van der Waals surface area contributed by atoms with E-state index < -0.39 is 5.97 Å². The molecule has 2 aromatic rings. The molecule has 1 unspecified atom stereocenters. The van der Waals surface area contributed by atoms with Crippen molar-refractivity contribution >= 4 is 34.7 Å². The van der Waals surface area contributed by atoms with E-state index in [4.69, 9.17) is 16.7 Å². The molecule has 1 aliphatic heterocycles. The van der Waals surface area contributed by atoms with Crippen LogP contribution in [-0.4, -0.2) is 22.6 Å². The first-order valence-electron chi connectivity index (χ1n) is 6.30. The Kier molecular flexibility index (Phi) is 3.40. The summed E-state index contributed by atoms with van der Waals surface area (Å²) >= 11 is 7.64. The van der Waals surface area contributed by atoms with Crippen LogP contribution in [0.4, 0.5) is 5.82 Å². The van der Waals surface area contributed by atoms with Gasteiger partial charge in [-0.05, 0) is 42.5 Å². The lowest BCUT2D eigenvalue weighted by molar-refractivity contribution is 0.0691. The predicted octanol–water partition coefficient (Wildman–Crippen LogP) is 3.62. The van der Waals surface area contributed by atoms with Crippen LogP contribution in [0.2, 0.25) is 5.02 Å². The molecular weight excluding hydrogens is 296 g/mol. The molecule has 20 heavy (non-hydrogen) atoms. The topological polar surface area (TPSA) is 53.4 Å². The van der Waals surface area contributed by atoms with E-state index in [2.05, 4.69) is 28.3 Å². The lowest BCUT2D eigenvalue weighted by atomic mass is 10.0. The zero-order valence-electron chi connectivity index (χ0n) is 10.8. The molecule has 0 aliphatic carbocycles. The summed E-state index contributed by atoms with van der Waals surface area (Å²) in [6, 6.07) is 5.71. The van der Waals surface area contributed by atoms with Crippen LogP contribution < -0.4 is 4.90 Å². The number of thiophene rings is 1. The molecule has 0 saturated heterocycles. The number of halogens is 1. The number of anilines is 1. The minimum absolute atomic E-state index is 0.0903. The summed E-state index contributed by atoms with van der Waals surface area (Å²) in [7, 11) is 0. The summed E-state index contributed by atoms with van der Waals surface area (Å²) < 4.78 is 0. The second-order valence-electron chi connectivity index (χ2n) is 4.72. The number of carboxylic acid groups (broad SMARTS) is 1. The van der Waals surface area contributed by atoms with E-state index in [1.165, 1.54) is 10.4 Å². The highest BCUT2D eigenvalue weighted by molar-refractivity contribution is 7.10. The van der Waals surface area contributed by atoms with Crippen molar-refractivity contribution in [1.29, 1.82) is 0 Å². The van der Waals surface area contributed by atoms with Gasteiger partial charge in [-0.25, -0.2) is 9.78 Å². The van der Waals surface area contributed by atoms with Gasteiger partial charge in [0.25, 0.3) is 0 Å². The molecule has 1 N–H and O–H groups in total. The van der Waals surface area contributed by atoms with E-state index in [0.29, 0.717) is 5.82 Å². The third kappa shape index (κ3) is 2.17. The fourth-order valence-corrected chi connectivity index (χ4v) is 3.71. The highest BCUT2D eigenvalue weighted by Gasteiger charge is 2.26. The highest BCUT2D eigenvalue weighted by atomic mass is 35.5. The van der Waals surface area contributed by atoms with Gasteiger partial charge in [-0.3, -0.25) is 0 Å². The van der Waals surface area contributed by atoms with Gasteiger partial charge in [-0.1, -0.05) is 11.6 Å². The summed E-state index contributed by atoms with van der Waals surface area (Å²) in [5.41, 5.74) is 1.21. The number of carboxylic acids is 1. The van der Waals surface area contributed by atoms with Crippen molar-refractivity contribution < 1.29 is 9.90 Å². The Morgan fingerprint density at radius 2 is 2.30 bits per heavy atom. The van der Waals surface area contributed by atoms with Crippen molar-refractivity contribution in [1.82, 2.24) is 4.98 Å². The molecule has 3 rings (SSSR count). The van der Waals surface area contributed by atoms with Crippen molar-refractivity contribution in [2.24, 2.45) is 0 Å². The maximum absolute atomic E-state index is 11.1. The zero-order chi connectivity index (χ0) is 14.3. The third-order valence-corrected chi connectivity index (χ3v) is 4.91. The monoisotopic (exact) mass is 308 g/mol. The lowest BCUT2D eigenvalue weighted by Crippen LogP contribution is -2.34. The summed E-state index contributed by atoms with van der Waals surface area (Å²) in [4.78, 5) is 18.9. The second kappa shape index (κ2) is 5.07. The van der Waals surface area contributed by atoms with E-state index in [1.807, 2.05) is 0 Å². The average molecular weight is 309 g/mol. The first-order valence-corrected chi connectivity index (χ1v) is 7.56. The summed E-state index contributed by atoms with van der Waals surface area (Å²) in [5.74, 6) is -0.436. The Balaban J connectivity index is 1.98. The van der Waals surface area contributed by atoms with E-state index in [1.54, 1.807) is 23.5 Å². The van der Waals surface area contributed by atoms with Crippen LogP contribution >= 0.6 is 22.9 Å². The lowest BCUT2D eigenvalue weighted by Gasteiger charge is -2.34. The highest BCUT2D eigenvalue weighted by Crippen LogP contribution is 2.35. The van der Waals surface area contributed by atoms with Crippen molar-refractivity contribution in [2.75, 3.05) is 11.4 Å². The number of pyridine rings is 1. The Bertz CT molecular complexity index is 671. The first-order chi connectivity index (χ1) is 9.58. The molecule has 6 heteroatoms. The molecule has 1 aliphatic rings. The maximum atomic E-state index is 11.1. The minimum Gasteiger partial charge on any atom is -0.476 e. The summed E-state index contributed by atoms with van der Waals surface area (Å²) in [5, 5.41) is 11.4. The third-order valence-electron chi connectivity index (χ3n) is 3.61. The Morgan fingerprint density at radius 3 is 3.05 bits per heavy atom. The second-order valence-corrected chi connectivity index (χ2v) is 6.13. The molecule has 0 radical (unpaired) electrons. The first kappa shape index (κ1) is 13.4. The van der Waals surface area contributed by atoms with Crippen LogP contribution in [-0.2, 0) is 6.42 Å². The van der Waals surface area contributed by atoms with Crippen LogP contribution in [0.5, 0.6) is 0 Å². The molecule has 4 nitrogen and oxygen atoms in total. The summed E-state index contributed by atoms with van der Waals surface area (Å²) in [6.45, 7) is 2.95. The molecule has 3 heterocycles. The Hall–Kier alpha value is -1.59. The van der Waals surface area contributed by atoms with Gasteiger partial charge in [-0.2, -0.15) is 0 Å². The maximum Gasteiger partial charge on any atom is 0.356 e. The molecular formula is C14H13ClN2O2S. The largest absolute Gasteiger partial charge is 0.476 e. The quantitative estimate of drug-likeness (QED) is 0.920. The number of hydrogen-bond donors (Lipinski definition) is 1. The molecule has 104 valence electrons. The SMILES string of the molecule is CC1c2ccsc2CCN1c1ccc(Cl)c(C(=O)O)n1. The van der Waals surface area contributed by atoms with Gasteiger partial charge in [0.15, 0.2) is 5.69 Å². The summed E-state index contributed by atoms with van der Waals surface area (Å²) in [6.07, 6.45) is 0.962. The molecule has 2 aromatic heterocycles. The zero-order valence-corrected chi connectivity index (χ0v) is 12.4. The molecule has 0 amide bonds. The van der Waals surface area contributed by atoms with Gasteiger partial charge >= 0.3 is 5.97 Å². The van der Waals surface area contributed by atoms with Gasteiger partial charge in [0.2, 0.25) is 0 Å². The number of fused-ring (bicyclic) bond motifs is 1. The smallest absolute Gasteiger partial charge is 0.356 e. The van der Waals surface area contributed by atoms with Crippen LogP contribution in [0.15, 0.2) is 23.6 Å². The van der Waals surface area contributed by atoms with Gasteiger partial charge in [0.1, 0.15) is 5.82 Å². The number of aromatic carboxylic acids is 1. The van der Waals surface area contributed by atoms with Crippen molar-refractivity contribution in [3.05, 3.63) is 44.7 Å². The van der Waals surface area contributed by atoms with Crippen molar-refractivity contribution in [3.8, 4) is 0 Å². The van der Waals surface area contributed by atoms with Crippen LogP contribution in [0.1, 0.15) is 33.9 Å². The van der Waals surface area contributed by atoms with Gasteiger partial charge in [-0.15, -0.1) is 11.3 Å². The Morgan fingerprint density at radius 1 is 1.50 bits per heavy atom. The molecule has 0 spiro atoms. The minimum atomic E-state index is -1.10. The number of nitrogens with zero attached hydrogens (tertiary/aromatic N) is 2. The van der Waals surface area contributed by atoms with Crippen molar-refractivity contribution in [2.45, 2.75) is 19.4 Å². The van der Waals surface area contributed by atoms with E-state index in [0.717, 1.165) is 13.0 Å². The fraction of sp³-hybridized carbons (Fsp3) is 0.286. The van der Waals surface area contributed by atoms with E-state index in [9.17, 15) is 4.79 Å². The number of carbonyl (C=O) groups is 1. The molecule has 0 aromatic carbocycles. The van der Waals surface area contributed by atoms with Gasteiger partial charge < -0.3 is 10.0 Å². The predicted molar refractivity (Wildman–Crippen MR) is 80.0 cm³/mol. The van der Waals surface area contributed by atoms with Crippen LogP contribution in [0, 0.1) is 0 Å². The average Bonchev–Trinajstić information content (AvgIpc) is 2.89. The van der Waals surface area contributed by atoms with Gasteiger partial charge in [0, 0.05) is 11.4 Å².